The van der Waals surface area contributed by atoms with Crippen molar-refractivity contribution in [3.8, 4) is 10.6 Å². The van der Waals surface area contributed by atoms with E-state index in [2.05, 4.69) is 45.6 Å². The van der Waals surface area contributed by atoms with Crippen molar-refractivity contribution >= 4 is 17.2 Å². The summed E-state index contributed by atoms with van der Waals surface area (Å²) in [5.74, 6) is 6.16. The molecule has 3 N–H and O–H groups in total. The van der Waals surface area contributed by atoms with Crippen LogP contribution in [0.5, 0.6) is 0 Å². The normalized spacial score (nSPS) is 15.0. The van der Waals surface area contributed by atoms with Gasteiger partial charge in [0, 0.05) is 37.1 Å². The minimum atomic E-state index is 0.667. The van der Waals surface area contributed by atoms with E-state index in [-0.39, 0.29) is 0 Å². The number of fused-ring (bicyclic) bond motifs is 2. The highest BCUT2D eigenvalue weighted by Crippen LogP contribution is 2.35. The summed E-state index contributed by atoms with van der Waals surface area (Å²) in [6.07, 6.45) is 2.82. The average Bonchev–Trinajstić information content (AvgIpc) is 2.95. The second kappa shape index (κ2) is 5.64. The summed E-state index contributed by atoms with van der Waals surface area (Å²) < 4.78 is 0. The van der Waals surface area contributed by atoms with Crippen LogP contribution in [-0.4, -0.2) is 21.4 Å². The molecule has 3 aliphatic rings. The molecule has 0 amide bonds. The number of nitrogens with zero attached hydrogens (tertiary/aromatic N) is 3. The Kier molecular flexibility index (Phi) is 3.49. The van der Waals surface area contributed by atoms with Gasteiger partial charge in [-0.15, -0.1) is 11.3 Å². The number of rotatable bonds is 3. The van der Waals surface area contributed by atoms with Gasteiger partial charge in [-0.25, -0.2) is 15.8 Å². The Labute approximate surface area is 133 Å². The van der Waals surface area contributed by atoms with Crippen LogP contribution in [-0.2, 0) is 19.5 Å². The molecule has 6 heteroatoms. The first kappa shape index (κ1) is 13.6. The van der Waals surface area contributed by atoms with E-state index >= 15 is 0 Å². The summed E-state index contributed by atoms with van der Waals surface area (Å²) in [6.45, 7) is 2.97. The Morgan fingerprint density at radius 2 is 2.14 bits per heavy atom. The predicted molar refractivity (Wildman–Crippen MR) is 88.6 cm³/mol. The van der Waals surface area contributed by atoms with E-state index in [0.29, 0.717) is 5.82 Å². The molecule has 112 valence electrons. The molecular weight excluding hydrogens is 294 g/mol. The van der Waals surface area contributed by atoms with E-state index in [4.69, 9.17) is 10.8 Å². The fourth-order valence-corrected chi connectivity index (χ4v) is 4.00. The monoisotopic (exact) mass is 311 g/mol. The van der Waals surface area contributed by atoms with Crippen molar-refractivity contribution in [3.05, 3.63) is 52.7 Å². The lowest BCUT2D eigenvalue weighted by molar-refractivity contribution is 0.246. The summed E-state index contributed by atoms with van der Waals surface area (Å²) in [4.78, 5) is 13.9. The van der Waals surface area contributed by atoms with E-state index in [9.17, 15) is 0 Å². The number of aromatic nitrogens is 2. The smallest absolute Gasteiger partial charge is 0.167 e. The van der Waals surface area contributed by atoms with Gasteiger partial charge >= 0.3 is 0 Å². The second-order valence-electron chi connectivity index (χ2n) is 5.49. The van der Waals surface area contributed by atoms with Gasteiger partial charge in [-0.1, -0.05) is 30.3 Å². The first-order chi connectivity index (χ1) is 10.8. The van der Waals surface area contributed by atoms with Gasteiger partial charge in [0.1, 0.15) is 5.69 Å². The summed E-state index contributed by atoms with van der Waals surface area (Å²) in [5, 5.41) is 0. The van der Waals surface area contributed by atoms with Crippen molar-refractivity contribution in [2.45, 2.75) is 19.5 Å². The van der Waals surface area contributed by atoms with E-state index in [1.54, 1.807) is 11.3 Å². The number of nitrogen functional groups attached to an aromatic ring is 1. The zero-order valence-electron chi connectivity index (χ0n) is 12.1. The fraction of sp³-hybridized carbons (Fsp3) is 0.250. The topological polar surface area (TPSA) is 67.1 Å². The molecule has 0 atom stereocenters. The number of hydrazine groups is 1. The lowest BCUT2D eigenvalue weighted by Gasteiger charge is -2.28. The van der Waals surface area contributed by atoms with Crippen LogP contribution >= 0.6 is 11.3 Å². The van der Waals surface area contributed by atoms with Crippen LogP contribution in [0.15, 0.2) is 36.5 Å². The fourth-order valence-electron chi connectivity index (χ4n) is 2.88. The van der Waals surface area contributed by atoms with Crippen LogP contribution in [0, 0.1) is 0 Å². The Bertz CT molecular complexity index is 755. The van der Waals surface area contributed by atoms with Gasteiger partial charge in [0.15, 0.2) is 5.82 Å². The minimum Gasteiger partial charge on any atom is -0.307 e. The van der Waals surface area contributed by atoms with Crippen molar-refractivity contribution in [1.82, 2.24) is 14.9 Å². The van der Waals surface area contributed by atoms with Crippen molar-refractivity contribution in [3.63, 3.8) is 0 Å². The zero-order valence-corrected chi connectivity index (χ0v) is 12.9. The Morgan fingerprint density at radius 3 is 2.95 bits per heavy atom. The van der Waals surface area contributed by atoms with E-state index in [1.807, 2.05) is 6.20 Å². The first-order valence-corrected chi connectivity index (χ1v) is 8.15. The molecule has 0 aromatic heterocycles. The zero-order chi connectivity index (χ0) is 14.9. The number of hydrogen-bond acceptors (Lipinski definition) is 6. The summed E-state index contributed by atoms with van der Waals surface area (Å²) in [6, 6.07) is 10.6. The van der Waals surface area contributed by atoms with Gasteiger partial charge in [-0.2, -0.15) is 0 Å². The van der Waals surface area contributed by atoms with Gasteiger partial charge in [0.2, 0.25) is 0 Å². The summed E-state index contributed by atoms with van der Waals surface area (Å²) >= 11 is 1.78. The Balaban J connectivity index is 1.59. The standard InChI is InChI=1S/C16H17N5S/c17-20-16-15-13(8-18-16)22-14-10-21(7-6-12(14)19-15)9-11-4-2-1-3-5-11/h1-5,8H,6-7,9-10,17H2,(H,18,20). The highest BCUT2D eigenvalue weighted by atomic mass is 32.1. The Morgan fingerprint density at radius 1 is 1.27 bits per heavy atom. The van der Waals surface area contributed by atoms with Crippen molar-refractivity contribution in [2.24, 2.45) is 5.84 Å². The summed E-state index contributed by atoms with van der Waals surface area (Å²) in [7, 11) is 0. The van der Waals surface area contributed by atoms with E-state index < -0.39 is 0 Å². The van der Waals surface area contributed by atoms with Gasteiger partial charge < -0.3 is 5.43 Å². The number of nitrogens with two attached hydrogens (primary N) is 1. The lowest BCUT2D eigenvalue weighted by atomic mass is 10.1. The molecular formula is C16H17N5S. The van der Waals surface area contributed by atoms with Crippen molar-refractivity contribution in [1.29, 1.82) is 0 Å². The maximum absolute atomic E-state index is 5.49. The van der Waals surface area contributed by atoms with Gasteiger partial charge in [-0.05, 0) is 5.56 Å². The lowest BCUT2D eigenvalue weighted by Crippen LogP contribution is -2.30. The third kappa shape index (κ3) is 2.45. The molecule has 0 bridgehead atoms. The van der Waals surface area contributed by atoms with Gasteiger partial charge in [-0.3, -0.25) is 4.90 Å². The Hall–Kier alpha value is -2.02. The van der Waals surface area contributed by atoms with Crippen molar-refractivity contribution in [2.75, 3.05) is 12.0 Å². The third-order valence-corrected chi connectivity index (χ3v) is 5.12. The number of anilines is 1. The van der Waals surface area contributed by atoms with Gasteiger partial charge in [0.25, 0.3) is 0 Å². The molecule has 0 saturated carbocycles. The van der Waals surface area contributed by atoms with Gasteiger partial charge in [0.05, 0.1) is 10.6 Å². The molecule has 1 aromatic rings. The molecule has 0 saturated heterocycles. The quantitative estimate of drug-likeness (QED) is 0.574. The van der Waals surface area contributed by atoms with Crippen LogP contribution in [0.3, 0.4) is 0 Å². The van der Waals surface area contributed by atoms with Crippen LogP contribution in [0.25, 0.3) is 10.6 Å². The molecule has 4 rings (SSSR count). The third-order valence-electron chi connectivity index (χ3n) is 3.99. The number of hydrogen-bond donors (Lipinski definition) is 2. The highest BCUT2D eigenvalue weighted by molar-refractivity contribution is 7.15. The maximum atomic E-state index is 5.49. The number of benzene rings is 1. The molecule has 0 spiro atoms. The van der Waals surface area contributed by atoms with E-state index in [1.165, 1.54) is 16.1 Å². The van der Waals surface area contributed by atoms with Crippen LogP contribution in [0.4, 0.5) is 5.82 Å². The SMILES string of the molecule is NNc1ncc2sc3c(nc1-2)CCN(Cc1ccccc1)C3. The minimum absolute atomic E-state index is 0.667. The summed E-state index contributed by atoms with van der Waals surface area (Å²) in [5.41, 5.74) is 6.05. The molecule has 0 radical (unpaired) electrons. The molecule has 3 heterocycles. The molecule has 1 aromatic carbocycles. The molecule has 5 nitrogen and oxygen atoms in total. The molecule has 0 unspecified atom stereocenters. The molecule has 0 aliphatic carbocycles. The highest BCUT2D eigenvalue weighted by Gasteiger charge is 2.23. The van der Waals surface area contributed by atoms with Crippen LogP contribution < -0.4 is 11.3 Å². The van der Waals surface area contributed by atoms with Crippen LogP contribution in [0.2, 0.25) is 0 Å². The van der Waals surface area contributed by atoms with Crippen molar-refractivity contribution < 1.29 is 0 Å². The predicted octanol–water partition coefficient (Wildman–Crippen LogP) is 2.49. The second-order valence-corrected chi connectivity index (χ2v) is 6.63. The number of nitrogens with one attached hydrogen (secondary N) is 1. The maximum Gasteiger partial charge on any atom is 0.167 e. The molecule has 0 fully saturated rings. The first-order valence-electron chi connectivity index (χ1n) is 7.33. The van der Waals surface area contributed by atoms with Crippen LogP contribution in [0.1, 0.15) is 16.1 Å². The molecule has 22 heavy (non-hydrogen) atoms. The average molecular weight is 311 g/mol. The largest absolute Gasteiger partial charge is 0.307 e. The van der Waals surface area contributed by atoms with E-state index in [0.717, 1.165) is 36.6 Å². The molecule has 3 aliphatic heterocycles.